The molecule has 1 N–H and O–H groups in total. The Balaban J connectivity index is 2.20. The van der Waals surface area contributed by atoms with E-state index in [0.717, 1.165) is 23.1 Å². The van der Waals surface area contributed by atoms with Crippen molar-refractivity contribution in [3.8, 4) is 5.75 Å². The molecule has 2 aromatic rings. The first-order valence-corrected chi connectivity index (χ1v) is 11.1. The van der Waals surface area contributed by atoms with E-state index in [1.165, 1.54) is 4.90 Å². The number of rotatable bonds is 9. The Morgan fingerprint density at radius 2 is 1.77 bits per heavy atom. The van der Waals surface area contributed by atoms with Gasteiger partial charge in [0.15, 0.2) is 6.61 Å². The van der Waals surface area contributed by atoms with Crippen LogP contribution in [0.1, 0.15) is 43.9 Å². The molecule has 2 amide bonds. The summed E-state index contributed by atoms with van der Waals surface area (Å²) in [4.78, 5) is 27.4. The second-order valence-corrected chi connectivity index (χ2v) is 8.64. The van der Waals surface area contributed by atoms with Crippen molar-refractivity contribution in [2.75, 3.05) is 6.61 Å². The van der Waals surface area contributed by atoms with Gasteiger partial charge in [-0.05, 0) is 63.4 Å². The van der Waals surface area contributed by atoms with Gasteiger partial charge in [-0.15, -0.1) is 0 Å². The van der Waals surface area contributed by atoms with E-state index in [2.05, 4.69) is 5.32 Å². The molecule has 0 unspecified atom stereocenters. The first-order chi connectivity index (χ1) is 14.6. The minimum atomic E-state index is -0.682. The van der Waals surface area contributed by atoms with Crippen LogP contribution in [0.2, 0.25) is 10.0 Å². The van der Waals surface area contributed by atoms with Crippen LogP contribution < -0.4 is 10.1 Å². The van der Waals surface area contributed by atoms with Crippen LogP contribution in [0.4, 0.5) is 0 Å². The summed E-state index contributed by atoms with van der Waals surface area (Å²) in [6.07, 6.45) is 0.801. The van der Waals surface area contributed by atoms with Gasteiger partial charge in [0.2, 0.25) is 5.91 Å². The van der Waals surface area contributed by atoms with Crippen LogP contribution in [-0.2, 0) is 16.1 Å². The van der Waals surface area contributed by atoms with Gasteiger partial charge in [0.25, 0.3) is 5.91 Å². The first kappa shape index (κ1) is 25.0. The number of carbonyl (C=O) groups excluding carboxylic acids is 2. The number of hydrogen-bond acceptors (Lipinski definition) is 3. The third-order valence-corrected chi connectivity index (χ3v) is 5.93. The Hall–Kier alpha value is -2.24. The molecular weight excluding hydrogens is 435 g/mol. The van der Waals surface area contributed by atoms with Crippen molar-refractivity contribution >= 4 is 35.0 Å². The summed E-state index contributed by atoms with van der Waals surface area (Å²) in [6, 6.07) is 10.3. The van der Waals surface area contributed by atoms with Crippen LogP contribution in [0.25, 0.3) is 0 Å². The predicted molar refractivity (Wildman–Crippen MR) is 126 cm³/mol. The molecule has 0 aliphatic rings. The Kier molecular flexibility index (Phi) is 9.20. The zero-order valence-electron chi connectivity index (χ0n) is 18.7. The average Bonchev–Trinajstić information content (AvgIpc) is 2.72. The van der Waals surface area contributed by atoms with E-state index in [1.54, 1.807) is 25.1 Å². The summed E-state index contributed by atoms with van der Waals surface area (Å²) in [5, 5.41) is 3.77. The summed E-state index contributed by atoms with van der Waals surface area (Å²) in [6.45, 7) is 9.60. The Bertz CT molecular complexity index is 933. The first-order valence-electron chi connectivity index (χ1n) is 10.4. The molecule has 31 heavy (non-hydrogen) atoms. The number of hydrogen-bond donors (Lipinski definition) is 1. The maximum Gasteiger partial charge on any atom is 0.261 e. The van der Waals surface area contributed by atoms with E-state index in [0.29, 0.717) is 15.8 Å². The zero-order chi connectivity index (χ0) is 23.1. The highest BCUT2D eigenvalue weighted by Crippen LogP contribution is 2.24. The number of nitrogens with one attached hydrogen (secondary N) is 1. The van der Waals surface area contributed by atoms with E-state index < -0.39 is 6.04 Å². The fraction of sp³-hybridized carbons (Fsp3) is 0.417. The van der Waals surface area contributed by atoms with Gasteiger partial charge in [-0.3, -0.25) is 9.59 Å². The minimum absolute atomic E-state index is 0.0170. The summed E-state index contributed by atoms with van der Waals surface area (Å²) in [5.41, 5.74) is 2.84. The number of benzene rings is 2. The third-order valence-electron chi connectivity index (χ3n) is 5.19. The molecule has 7 heteroatoms. The molecule has 0 aromatic heterocycles. The summed E-state index contributed by atoms with van der Waals surface area (Å²) in [7, 11) is 0. The van der Waals surface area contributed by atoms with Gasteiger partial charge in [-0.25, -0.2) is 0 Å². The topological polar surface area (TPSA) is 58.6 Å². The maximum absolute atomic E-state index is 13.1. The van der Waals surface area contributed by atoms with Crippen molar-refractivity contribution in [2.45, 2.75) is 59.7 Å². The number of amides is 2. The standard InChI is InChI=1S/C24H30Cl2N2O3/c1-6-17(4)27-24(30)18(5)28(13-19-8-9-20(25)21(26)12-19)23(29)14-31-22-10-7-15(2)11-16(22)3/h7-12,17-18H,6,13-14H2,1-5H3,(H,27,30)/t17-,18-/m0/s1. The molecule has 0 bridgehead atoms. The molecule has 168 valence electrons. The highest BCUT2D eigenvalue weighted by Gasteiger charge is 2.27. The van der Waals surface area contributed by atoms with Crippen molar-refractivity contribution in [2.24, 2.45) is 0 Å². The molecule has 0 spiro atoms. The van der Waals surface area contributed by atoms with E-state index in [1.807, 2.05) is 45.9 Å². The van der Waals surface area contributed by atoms with Gasteiger partial charge in [0.05, 0.1) is 10.0 Å². The number of nitrogens with zero attached hydrogens (tertiary/aromatic N) is 1. The van der Waals surface area contributed by atoms with Crippen LogP contribution >= 0.6 is 23.2 Å². The molecule has 0 saturated carbocycles. The van der Waals surface area contributed by atoms with Crippen molar-refractivity contribution in [3.05, 3.63) is 63.1 Å². The van der Waals surface area contributed by atoms with Gasteiger partial charge in [0, 0.05) is 12.6 Å². The fourth-order valence-electron chi connectivity index (χ4n) is 3.07. The van der Waals surface area contributed by atoms with Gasteiger partial charge < -0.3 is 15.0 Å². The molecule has 2 atom stereocenters. The zero-order valence-corrected chi connectivity index (χ0v) is 20.2. The molecule has 0 fully saturated rings. The predicted octanol–water partition coefficient (Wildman–Crippen LogP) is 5.32. The lowest BCUT2D eigenvalue weighted by atomic mass is 10.1. The second-order valence-electron chi connectivity index (χ2n) is 7.82. The smallest absolute Gasteiger partial charge is 0.261 e. The Morgan fingerprint density at radius 1 is 1.06 bits per heavy atom. The molecule has 5 nitrogen and oxygen atoms in total. The van der Waals surface area contributed by atoms with Gasteiger partial charge in [-0.2, -0.15) is 0 Å². The average molecular weight is 465 g/mol. The van der Waals surface area contributed by atoms with E-state index in [9.17, 15) is 9.59 Å². The third kappa shape index (κ3) is 7.15. The van der Waals surface area contributed by atoms with Crippen molar-refractivity contribution in [1.29, 1.82) is 0 Å². The van der Waals surface area contributed by atoms with Crippen LogP contribution in [0.3, 0.4) is 0 Å². The molecule has 0 aliphatic carbocycles. The van der Waals surface area contributed by atoms with Gasteiger partial charge in [0.1, 0.15) is 11.8 Å². The molecule has 0 aliphatic heterocycles. The van der Waals surface area contributed by atoms with Crippen molar-refractivity contribution < 1.29 is 14.3 Å². The molecule has 0 radical (unpaired) electrons. The second kappa shape index (κ2) is 11.4. The quantitative estimate of drug-likeness (QED) is 0.545. The normalized spacial score (nSPS) is 12.7. The largest absolute Gasteiger partial charge is 0.483 e. The monoisotopic (exact) mass is 464 g/mol. The van der Waals surface area contributed by atoms with E-state index in [-0.39, 0.29) is 31.0 Å². The lowest BCUT2D eigenvalue weighted by Gasteiger charge is -2.29. The number of halogens is 2. The Labute approximate surface area is 194 Å². The summed E-state index contributed by atoms with van der Waals surface area (Å²) in [5.74, 6) is 0.136. The summed E-state index contributed by atoms with van der Waals surface area (Å²) >= 11 is 12.2. The highest BCUT2D eigenvalue weighted by molar-refractivity contribution is 6.42. The van der Waals surface area contributed by atoms with Crippen LogP contribution in [-0.4, -0.2) is 35.4 Å². The van der Waals surface area contributed by atoms with Crippen molar-refractivity contribution in [3.63, 3.8) is 0 Å². The lowest BCUT2D eigenvalue weighted by molar-refractivity contribution is -0.142. The van der Waals surface area contributed by atoms with Crippen LogP contribution in [0.5, 0.6) is 5.75 Å². The van der Waals surface area contributed by atoms with E-state index in [4.69, 9.17) is 27.9 Å². The molecule has 0 heterocycles. The number of carbonyl (C=O) groups is 2. The SMILES string of the molecule is CC[C@H](C)NC(=O)[C@H](C)N(Cc1ccc(Cl)c(Cl)c1)C(=O)COc1ccc(C)cc1C. The highest BCUT2D eigenvalue weighted by atomic mass is 35.5. The Morgan fingerprint density at radius 3 is 2.39 bits per heavy atom. The fourth-order valence-corrected chi connectivity index (χ4v) is 3.39. The maximum atomic E-state index is 13.1. The number of aryl methyl sites for hydroxylation is 2. The van der Waals surface area contributed by atoms with Gasteiger partial charge in [-0.1, -0.05) is 53.9 Å². The van der Waals surface area contributed by atoms with Crippen LogP contribution in [0.15, 0.2) is 36.4 Å². The minimum Gasteiger partial charge on any atom is -0.483 e. The van der Waals surface area contributed by atoms with E-state index >= 15 is 0 Å². The van der Waals surface area contributed by atoms with Gasteiger partial charge >= 0.3 is 0 Å². The lowest BCUT2D eigenvalue weighted by Crippen LogP contribution is -2.50. The van der Waals surface area contributed by atoms with Crippen molar-refractivity contribution in [1.82, 2.24) is 10.2 Å². The molecule has 0 saturated heterocycles. The molecule has 2 rings (SSSR count). The summed E-state index contributed by atoms with van der Waals surface area (Å²) < 4.78 is 5.78. The number of ether oxygens (including phenoxy) is 1. The molecule has 2 aromatic carbocycles. The van der Waals surface area contributed by atoms with Crippen LogP contribution in [0, 0.1) is 13.8 Å². The molecular formula is C24H30Cl2N2O3.